The first-order chi connectivity index (χ1) is 18.7. The lowest BCUT2D eigenvalue weighted by molar-refractivity contribution is -0.0950. The zero-order chi connectivity index (χ0) is 27.6. The van der Waals surface area contributed by atoms with E-state index in [-0.39, 0.29) is 28.9 Å². The second-order valence-corrected chi connectivity index (χ2v) is 10.7. The van der Waals surface area contributed by atoms with Crippen LogP contribution in [0.25, 0.3) is 22.6 Å². The molecule has 11 heteroatoms. The van der Waals surface area contributed by atoms with E-state index in [0.29, 0.717) is 48.4 Å². The Kier molecular flexibility index (Phi) is 7.50. The van der Waals surface area contributed by atoms with Crippen molar-refractivity contribution in [3.05, 3.63) is 89.8 Å². The predicted octanol–water partition coefficient (Wildman–Crippen LogP) is 5.17. The summed E-state index contributed by atoms with van der Waals surface area (Å²) in [6.45, 7) is 0.852. The molecule has 0 aliphatic carbocycles. The quantitative estimate of drug-likeness (QED) is 0.319. The van der Waals surface area contributed by atoms with Crippen molar-refractivity contribution in [3.8, 4) is 28.3 Å². The normalized spacial score (nSPS) is 15.3. The molecule has 0 radical (unpaired) electrons. The zero-order valence-electron chi connectivity index (χ0n) is 21.0. The molecule has 204 valence electrons. The van der Waals surface area contributed by atoms with Gasteiger partial charge in [-0.3, -0.25) is 0 Å². The van der Waals surface area contributed by atoms with Crippen LogP contribution in [0.5, 0.6) is 5.75 Å². The highest BCUT2D eigenvalue weighted by molar-refractivity contribution is 7.89. The number of oxazole rings is 1. The molecule has 3 aromatic carbocycles. The van der Waals surface area contributed by atoms with Crippen LogP contribution in [0.4, 0.5) is 8.78 Å². The van der Waals surface area contributed by atoms with Gasteiger partial charge in [0.15, 0.2) is 12.4 Å². The number of ether oxygens (including phenoxy) is 3. The molecule has 39 heavy (non-hydrogen) atoms. The van der Waals surface area contributed by atoms with Crippen LogP contribution in [0, 0.1) is 11.6 Å². The monoisotopic (exact) mass is 556 g/mol. The molecule has 0 unspecified atom stereocenters. The third kappa shape index (κ3) is 5.86. The molecule has 0 bridgehead atoms. The topological polar surface area (TPSA) is 114 Å². The predicted molar refractivity (Wildman–Crippen MR) is 138 cm³/mol. The van der Waals surface area contributed by atoms with Gasteiger partial charge in [-0.05, 0) is 54.1 Å². The van der Waals surface area contributed by atoms with Crippen LogP contribution in [-0.4, -0.2) is 33.7 Å². The van der Waals surface area contributed by atoms with Crippen molar-refractivity contribution in [2.75, 3.05) is 20.3 Å². The van der Waals surface area contributed by atoms with E-state index in [1.54, 1.807) is 25.3 Å². The molecule has 0 amide bonds. The van der Waals surface area contributed by atoms with Crippen LogP contribution in [0.1, 0.15) is 24.3 Å². The van der Waals surface area contributed by atoms with Crippen molar-refractivity contribution in [2.45, 2.75) is 29.9 Å². The first kappa shape index (κ1) is 26.9. The number of nitrogens with zero attached hydrogens (tertiary/aromatic N) is 1. The summed E-state index contributed by atoms with van der Waals surface area (Å²) in [7, 11) is -2.30. The maximum absolute atomic E-state index is 14.6. The van der Waals surface area contributed by atoms with E-state index in [1.165, 1.54) is 48.5 Å². The van der Waals surface area contributed by atoms with Crippen molar-refractivity contribution in [2.24, 2.45) is 5.14 Å². The van der Waals surface area contributed by atoms with Gasteiger partial charge in [0.25, 0.3) is 0 Å². The van der Waals surface area contributed by atoms with Gasteiger partial charge in [0.05, 0.1) is 10.5 Å². The summed E-state index contributed by atoms with van der Waals surface area (Å²) in [4.78, 5) is 4.44. The number of rotatable bonds is 8. The highest BCUT2D eigenvalue weighted by atomic mass is 32.2. The number of nitrogens with two attached hydrogens (primary N) is 1. The number of methoxy groups -OCH3 is 1. The minimum absolute atomic E-state index is 0.0677. The number of benzene rings is 3. The van der Waals surface area contributed by atoms with Crippen molar-refractivity contribution < 1.29 is 35.8 Å². The van der Waals surface area contributed by atoms with E-state index in [2.05, 4.69) is 4.98 Å². The summed E-state index contributed by atoms with van der Waals surface area (Å²) in [5.74, 6) is -0.249. The van der Waals surface area contributed by atoms with Gasteiger partial charge in [-0.15, -0.1) is 0 Å². The lowest BCUT2D eigenvalue weighted by Crippen LogP contribution is -2.35. The van der Waals surface area contributed by atoms with Crippen molar-refractivity contribution >= 4 is 10.0 Å². The molecule has 1 aromatic heterocycles. The first-order valence-electron chi connectivity index (χ1n) is 12.1. The Hall–Kier alpha value is -3.64. The van der Waals surface area contributed by atoms with Crippen molar-refractivity contribution in [3.63, 3.8) is 0 Å². The Morgan fingerprint density at radius 1 is 0.974 bits per heavy atom. The molecule has 1 aliphatic rings. The molecular formula is C28H26F2N2O6S. The Bertz CT molecular complexity index is 1580. The van der Waals surface area contributed by atoms with Crippen LogP contribution < -0.4 is 9.88 Å². The summed E-state index contributed by atoms with van der Waals surface area (Å²) in [5.41, 5.74) is 1.24. The summed E-state index contributed by atoms with van der Waals surface area (Å²) in [6.07, 6.45) is 1.16. The van der Waals surface area contributed by atoms with Gasteiger partial charge in [-0.1, -0.05) is 12.1 Å². The van der Waals surface area contributed by atoms with Crippen molar-refractivity contribution in [1.29, 1.82) is 0 Å². The van der Waals surface area contributed by atoms with Crippen LogP contribution in [0.3, 0.4) is 0 Å². The van der Waals surface area contributed by atoms with E-state index in [1.807, 2.05) is 0 Å². The summed E-state index contributed by atoms with van der Waals surface area (Å²) in [6, 6.07) is 16.0. The van der Waals surface area contributed by atoms with Gasteiger partial charge in [0.2, 0.25) is 15.9 Å². The Labute approximate surface area is 224 Å². The second-order valence-electron chi connectivity index (χ2n) is 9.14. The fourth-order valence-corrected chi connectivity index (χ4v) is 5.13. The molecule has 0 atom stereocenters. The van der Waals surface area contributed by atoms with E-state index in [4.69, 9.17) is 23.8 Å². The lowest BCUT2D eigenvalue weighted by atomic mass is 9.86. The van der Waals surface area contributed by atoms with E-state index in [0.717, 1.165) is 0 Å². The number of hydrogen-bond acceptors (Lipinski definition) is 7. The molecule has 2 heterocycles. The Morgan fingerprint density at radius 3 is 2.38 bits per heavy atom. The molecule has 1 fully saturated rings. The summed E-state index contributed by atoms with van der Waals surface area (Å²) < 4.78 is 75.0. The van der Waals surface area contributed by atoms with E-state index < -0.39 is 27.3 Å². The first-order valence-corrected chi connectivity index (χ1v) is 13.7. The summed E-state index contributed by atoms with van der Waals surface area (Å²) in [5, 5.41) is 5.21. The van der Waals surface area contributed by atoms with E-state index >= 15 is 0 Å². The average molecular weight is 557 g/mol. The standard InChI is InChI=1S/C28H26F2N2O6S/c1-35-28(9-11-36-12-10-28)20-14-22(30)16-23(15-20)37-17-25-32-26(19-3-2-4-21(29)13-19)27(38-25)18-5-7-24(8-6-18)39(31,33)34/h2-8,13-16H,9-12,17H2,1H3,(H2,31,33,34). The fraction of sp³-hybridized carbons (Fsp3) is 0.250. The minimum atomic E-state index is -3.89. The molecule has 4 aromatic rings. The summed E-state index contributed by atoms with van der Waals surface area (Å²) >= 11 is 0. The van der Waals surface area contributed by atoms with Gasteiger partial charge in [-0.25, -0.2) is 27.3 Å². The molecular weight excluding hydrogens is 530 g/mol. The maximum atomic E-state index is 14.6. The van der Waals surface area contributed by atoms with E-state index in [9.17, 15) is 17.2 Å². The van der Waals surface area contributed by atoms with Gasteiger partial charge < -0.3 is 18.6 Å². The smallest absolute Gasteiger partial charge is 0.238 e. The Morgan fingerprint density at radius 2 is 1.72 bits per heavy atom. The fourth-order valence-electron chi connectivity index (χ4n) is 4.62. The zero-order valence-corrected chi connectivity index (χ0v) is 21.8. The van der Waals surface area contributed by atoms with Crippen LogP contribution in [0.2, 0.25) is 0 Å². The van der Waals surface area contributed by atoms with Crippen LogP contribution in [-0.2, 0) is 31.7 Å². The highest BCUT2D eigenvalue weighted by Gasteiger charge is 2.35. The molecule has 0 spiro atoms. The largest absolute Gasteiger partial charge is 0.484 e. The third-order valence-electron chi connectivity index (χ3n) is 6.67. The number of halogens is 2. The number of aromatic nitrogens is 1. The highest BCUT2D eigenvalue weighted by Crippen LogP contribution is 2.38. The van der Waals surface area contributed by atoms with Gasteiger partial charge in [-0.2, -0.15) is 0 Å². The van der Waals surface area contributed by atoms with Crippen LogP contribution in [0.15, 0.2) is 76.0 Å². The van der Waals surface area contributed by atoms with Gasteiger partial charge in [0.1, 0.15) is 23.1 Å². The molecule has 1 aliphatic heterocycles. The van der Waals surface area contributed by atoms with Crippen molar-refractivity contribution in [1.82, 2.24) is 4.98 Å². The van der Waals surface area contributed by atoms with Gasteiger partial charge >= 0.3 is 0 Å². The number of sulfonamides is 1. The molecule has 8 nitrogen and oxygen atoms in total. The second kappa shape index (κ2) is 10.9. The number of hydrogen-bond donors (Lipinski definition) is 1. The van der Waals surface area contributed by atoms with Crippen LogP contribution >= 0.6 is 0 Å². The molecule has 5 rings (SSSR count). The minimum Gasteiger partial charge on any atom is -0.484 e. The Balaban J connectivity index is 1.46. The lowest BCUT2D eigenvalue weighted by Gasteiger charge is -2.36. The number of primary sulfonamides is 1. The molecule has 0 saturated carbocycles. The third-order valence-corrected chi connectivity index (χ3v) is 7.59. The maximum Gasteiger partial charge on any atom is 0.238 e. The SMILES string of the molecule is COC1(c2cc(F)cc(OCc3nc(-c4cccc(F)c4)c(-c4ccc(S(N)(=O)=O)cc4)o3)c2)CCOCC1. The molecule has 1 saturated heterocycles. The molecule has 2 N–H and O–H groups in total. The van der Waals surface area contributed by atoms with Gasteiger partial charge in [0, 0.05) is 50.4 Å². The average Bonchev–Trinajstić information content (AvgIpc) is 3.36.